The lowest BCUT2D eigenvalue weighted by Crippen LogP contribution is -2.44. The summed E-state index contributed by atoms with van der Waals surface area (Å²) in [6.07, 6.45) is 0. The summed E-state index contributed by atoms with van der Waals surface area (Å²) in [4.78, 5) is 18.6. The standard InChI is InChI=1S/C16H19N3O4S/c1-12-17-14(9-16(20)18-12)15-10-23-8-7-19(15)24(21,22)11-13-5-3-2-4-6-13/h2-6,9,15H,7-8,10-11H2,1H3,(H,17,18,20)/t15-/m1/s1. The summed E-state index contributed by atoms with van der Waals surface area (Å²) in [7, 11) is -3.56. The van der Waals surface area contributed by atoms with Crippen LogP contribution in [-0.4, -0.2) is 42.4 Å². The highest BCUT2D eigenvalue weighted by molar-refractivity contribution is 7.88. The van der Waals surface area contributed by atoms with E-state index in [4.69, 9.17) is 4.74 Å². The van der Waals surface area contributed by atoms with Gasteiger partial charge in [0.2, 0.25) is 10.0 Å². The molecule has 2 aromatic rings. The van der Waals surface area contributed by atoms with Gasteiger partial charge in [-0.1, -0.05) is 30.3 Å². The first-order valence-electron chi connectivity index (χ1n) is 7.65. The van der Waals surface area contributed by atoms with Crippen LogP contribution in [0.3, 0.4) is 0 Å². The molecule has 0 spiro atoms. The SMILES string of the molecule is Cc1nc([C@H]2COCCN2S(=O)(=O)Cc2ccccc2)cc(=O)[nH]1. The normalized spacial score (nSPS) is 19.3. The van der Waals surface area contributed by atoms with Gasteiger partial charge in [0.05, 0.1) is 30.7 Å². The maximum absolute atomic E-state index is 12.9. The first kappa shape index (κ1) is 16.8. The molecule has 0 bridgehead atoms. The molecule has 1 fully saturated rings. The van der Waals surface area contributed by atoms with E-state index in [2.05, 4.69) is 9.97 Å². The van der Waals surface area contributed by atoms with Crippen LogP contribution in [0.4, 0.5) is 0 Å². The maximum atomic E-state index is 12.9. The minimum absolute atomic E-state index is 0.0908. The molecule has 7 nitrogen and oxygen atoms in total. The Balaban J connectivity index is 1.93. The van der Waals surface area contributed by atoms with E-state index in [1.807, 2.05) is 18.2 Å². The van der Waals surface area contributed by atoms with Gasteiger partial charge in [-0.2, -0.15) is 4.31 Å². The molecule has 1 N–H and O–H groups in total. The number of hydrogen-bond donors (Lipinski definition) is 1. The average molecular weight is 349 g/mol. The molecular weight excluding hydrogens is 330 g/mol. The highest BCUT2D eigenvalue weighted by atomic mass is 32.2. The molecule has 1 aliphatic rings. The van der Waals surface area contributed by atoms with Crippen LogP contribution in [0.5, 0.6) is 0 Å². The Morgan fingerprint density at radius 2 is 2.08 bits per heavy atom. The molecule has 0 radical (unpaired) electrons. The lowest BCUT2D eigenvalue weighted by molar-refractivity contribution is 0.0304. The molecule has 1 atom stereocenters. The fourth-order valence-corrected chi connectivity index (χ4v) is 4.48. The summed E-state index contributed by atoms with van der Waals surface area (Å²) in [5, 5.41) is 0. The van der Waals surface area contributed by atoms with Crippen LogP contribution in [-0.2, 0) is 20.5 Å². The summed E-state index contributed by atoms with van der Waals surface area (Å²) in [5.74, 6) is 0.357. The van der Waals surface area contributed by atoms with Gasteiger partial charge in [-0.15, -0.1) is 0 Å². The van der Waals surface area contributed by atoms with E-state index in [-0.39, 0.29) is 24.5 Å². The minimum atomic E-state index is -3.56. The van der Waals surface area contributed by atoms with Gasteiger partial charge in [0.25, 0.3) is 5.56 Å². The summed E-state index contributed by atoms with van der Waals surface area (Å²) < 4.78 is 32.6. The molecular formula is C16H19N3O4S. The maximum Gasteiger partial charge on any atom is 0.251 e. The first-order valence-corrected chi connectivity index (χ1v) is 9.26. The van der Waals surface area contributed by atoms with Gasteiger partial charge in [0, 0.05) is 12.6 Å². The number of benzene rings is 1. The van der Waals surface area contributed by atoms with Crippen molar-refractivity contribution < 1.29 is 13.2 Å². The molecule has 3 rings (SSSR count). The minimum Gasteiger partial charge on any atom is -0.378 e. The fourth-order valence-electron chi connectivity index (χ4n) is 2.80. The molecule has 1 aromatic carbocycles. The highest BCUT2D eigenvalue weighted by Crippen LogP contribution is 2.26. The average Bonchev–Trinajstić information content (AvgIpc) is 2.54. The number of rotatable bonds is 4. The zero-order valence-corrected chi connectivity index (χ0v) is 14.1. The number of aromatic nitrogens is 2. The monoisotopic (exact) mass is 349 g/mol. The number of nitrogens with one attached hydrogen (secondary N) is 1. The molecule has 1 saturated heterocycles. The molecule has 8 heteroatoms. The fraction of sp³-hybridized carbons (Fsp3) is 0.375. The van der Waals surface area contributed by atoms with Gasteiger partial charge in [0.1, 0.15) is 5.82 Å². The second kappa shape index (κ2) is 6.84. The summed E-state index contributed by atoms with van der Waals surface area (Å²) in [5.41, 5.74) is 0.828. The molecule has 1 aliphatic heterocycles. The van der Waals surface area contributed by atoms with Crippen LogP contribution in [0.2, 0.25) is 0 Å². The van der Waals surface area contributed by atoms with E-state index in [1.165, 1.54) is 10.4 Å². The van der Waals surface area contributed by atoms with Gasteiger partial charge >= 0.3 is 0 Å². The molecule has 1 aromatic heterocycles. The van der Waals surface area contributed by atoms with Crippen LogP contribution in [0, 0.1) is 6.92 Å². The van der Waals surface area contributed by atoms with Crippen molar-refractivity contribution >= 4 is 10.0 Å². The molecule has 128 valence electrons. The van der Waals surface area contributed by atoms with Crippen molar-refractivity contribution in [2.24, 2.45) is 0 Å². The van der Waals surface area contributed by atoms with Gasteiger partial charge in [-0.3, -0.25) is 4.79 Å². The molecule has 2 heterocycles. The topological polar surface area (TPSA) is 92.4 Å². The summed E-state index contributed by atoms with van der Waals surface area (Å²) in [6.45, 7) is 2.42. The van der Waals surface area contributed by atoms with Crippen LogP contribution < -0.4 is 5.56 Å². The van der Waals surface area contributed by atoms with E-state index in [0.29, 0.717) is 18.1 Å². The van der Waals surface area contributed by atoms with Crippen molar-refractivity contribution in [3.63, 3.8) is 0 Å². The van der Waals surface area contributed by atoms with Gasteiger partial charge < -0.3 is 9.72 Å². The number of aryl methyl sites for hydroxylation is 1. The zero-order valence-electron chi connectivity index (χ0n) is 13.3. The second-order valence-electron chi connectivity index (χ2n) is 5.70. The third-order valence-electron chi connectivity index (χ3n) is 3.85. The number of hydrogen-bond acceptors (Lipinski definition) is 5. The van der Waals surface area contributed by atoms with Crippen molar-refractivity contribution in [1.82, 2.24) is 14.3 Å². The van der Waals surface area contributed by atoms with Crippen molar-refractivity contribution in [3.05, 3.63) is 63.8 Å². The van der Waals surface area contributed by atoms with Gasteiger partial charge in [-0.25, -0.2) is 13.4 Å². The largest absolute Gasteiger partial charge is 0.378 e. The Labute approximate surface area is 140 Å². The Morgan fingerprint density at radius 3 is 2.79 bits per heavy atom. The van der Waals surface area contributed by atoms with Gasteiger partial charge in [0.15, 0.2) is 0 Å². The van der Waals surface area contributed by atoms with Crippen molar-refractivity contribution in [1.29, 1.82) is 0 Å². The number of nitrogens with zero attached hydrogens (tertiary/aromatic N) is 2. The van der Waals surface area contributed by atoms with Crippen LogP contribution in [0.15, 0.2) is 41.2 Å². The van der Waals surface area contributed by atoms with Gasteiger partial charge in [-0.05, 0) is 12.5 Å². The second-order valence-corrected chi connectivity index (χ2v) is 7.62. The molecule has 24 heavy (non-hydrogen) atoms. The summed E-state index contributed by atoms with van der Waals surface area (Å²) in [6, 6.07) is 9.76. The lowest BCUT2D eigenvalue weighted by Gasteiger charge is -2.34. The van der Waals surface area contributed by atoms with E-state index in [9.17, 15) is 13.2 Å². The zero-order chi connectivity index (χ0) is 17.2. The molecule has 0 saturated carbocycles. The van der Waals surface area contributed by atoms with E-state index in [1.54, 1.807) is 19.1 Å². The van der Waals surface area contributed by atoms with E-state index >= 15 is 0 Å². The third-order valence-corrected chi connectivity index (χ3v) is 5.70. The van der Waals surface area contributed by atoms with Crippen molar-refractivity contribution in [2.45, 2.75) is 18.7 Å². The number of sulfonamides is 1. The molecule has 0 aliphatic carbocycles. The Kier molecular flexibility index (Phi) is 4.79. The van der Waals surface area contributed by atoms with Crippen molar-refractivity contribution in [2.75, 3.05) is 19.8 Å². The quantitative estimate of drug-likeness (QED) is 0.888. The Hall–Kier alpha value is -2.03. The predicted octanol–water partition coefficient (Wildman–Crippen LogP) is 0.982. The Morgan fingerprint density at radius 1 is 1.33 bits per heavy atom. The number of morpholine rings is 1. The number of ether oxygens (including phenoxy) is 1. The Bertz CT molecular complexity index is 864. The molecule has 0 amide bonds. The third kappa shape index (κ3) is 3.72. The lowest BCUT2D eigenvalue weighted by atomic mass is 10.2. The van der Waals surface area contributed by atoms with Crippen molar-refractivity contribution in [3.8, 4) is 0 Å². The molecule has 0 unspecified atom stereocenters. The predicted molar refractivity (Wildman–Crippen MR) is 88.9 cm³/mol. The van der Waals surface area contributed by atoms with E-state index < -0.39 is 16.1 Å². The smallest absolute Gasteiger partial charge is 0.251 e. The van der Waals surface area contributed by atoms with Crippen LogP contribution in [0.25, 0.3) is 0 Å². The first-order chi connectivity index (χ1) is 11.5. The van der Waals surface area contributed by atoms with Crippen LogP contribution in [0.1, 0.15) is 23.1 Å². The number of H-pyrrole nitrogens is 1. The highest BCUT2D eigenvalue weighted by Gasteiger charge is 2.35. The van der Waals surface area contributed by atoms with E-state index in [0.717, 1.165) is 5.56 Å². The van der Waals surface area contributed by atoms with Crippen LogP contribution >= 0.6 is 0 Å². The summed E-state index contributed by atoms with van der Waals surface area (Å²) >= 11 is 0. The number of aromatic amines is 1.